The molecular weight excluding hydrogens is 262 g/mol. The standard InChI is InChI=1S/C17H23N3O/c1-13-7-8-20(11-15(13)10-18)12-16-9-17(21-19-16)14-5-3-2-4-6-14/h2-6,9,13,15H,7-8,10-12,18H2,1H3. The number of rotatable bonds is 4. The Morgan fingerprint density at radius 3 is 2.90 bits per heavy atom. The van der Waals surface area contributed by atoms with Crippen LogP contribution in [0.4, 0.5) is 0 Å². The molecule has 0 saturated carbocycles. The highest BCUT2D eigenvalue weighted by molar-refractivity contribution is 5.56. The monoisotopic (exact) mass is 285 g/mol. The topological polar surface area (TPSA) is 55.3 Å². The van der Waals surface area contributed by atoms with Gasteiger partial charge >= 0.3 is 0 Å². The molecule has 2 unspecified atom stereocenters. The molecule has 1 fully saturated rings. The number of nitrogens with zero attached hydrogens (tertiary/aromatic N) is 2. The van der Waals surface area contributed by atoms with Crippen molar-refractivity contribution in [3.05, 3.63) is 42.1 Å². The van der Waals surface area contributed by atoms with E-state index in [4.69, 9.17) is 10.3 Å². The van der Waals surface area contributed by atoms with E-state index in [1.807, 2.05) is 36.4 Å². The summed E-state index contributed by atoms with van der Waals surface area (Å²) in [5.41, 5.74) is 7.94. The third-order valence-corrected chi connectivity index (χ3v) is 4.50. The molecular formula is C17H23N3O. The first kappa shape index (κ1) is 14.3. The fourth-order valence-electron chi connectivity index (χ4n) is 3.03. The van der Waals surface area contributed by atoms with Gasteiger partial charge in [0.2, 0.25) is 0 Å². The van der Waals surface area contributed by atoms with Crippen LogP contribution in [-0.2, 0) is 6.54 Å². The maximum absolute atomic E-state index is 5.87. The molecule has 1 aliphatic heterocycles. The van der Waals surface area contributed by atoms with E-state index in [1.165, 1.54) is 6.42 Å². The minimum absolute atomic E-state index is 0.597. The highest BCUT2D eigenvalue weighted by atomic mass is 16.5. The predicted molar refractivity (Wildman–Crippen MR) is 83.5 cm³/mol. The van der Waals surface area contributed by atoms with Crippen molar-refractivity contribution < 1.29 is 4.52 Å². The lowest BCUT2D eigenvalue weighted by Crippen LogP contribution is -2.42. The maximum Gasteiger partial charge on any atom is 0.167 e. The summed E-state index contributed by atoms with van der Waals surface area (Å²) in [6.45, 7) is 6.10. The van der Waals surface area contributed by atoms with Crippen molar-refractivity contribution in [1.29, 1.82) is 0 Å². The first-order chi connectivity index (χ1) is 10.3. The van der Waals surface area contributed by atoms with Crippen LogP contribution in [0.1, 0.15) is 19.0 Å². The second-order valence-electron chi connectivity index (χ2n) is 6.05. The lowest BCUT2D eigenvalue weighted by atomic mass is 9.87. The average Bonchev–Trinajstić information content (AvgIpc) is 2.98. The van der Waals surface area contributed by atoms with Crippen LogP contribution in [0.5, 0.6) is 0 Å². The summed E-state index contributed by atoms with van der Waals surface area (Å²) in [5.74, 6) is 2.16. The Morgan fingerprint density at radius 1 is 1.33 bits per heavy atom. The summed E-state index contributed by atoms with van der Waals surface area (Å²) in [5, 5.41) is 4.21. The van der Waals surface area contributed by atoms with Gasteiger partial charge in [0, 0.05) is 24.7 Å². The van der Waals surface area contributed by atoms with Crippen LogP contribution in [0.3, 0.4) is 0 Å². The predicted octanol–water partition coefficient (Wildman–Crippen LogP) is 2.76. The van der Waals surface area contributed by atoms with Crippen LogP contribution in [0.25, 0.3) is 11.3 Å². The Hall–Kier alpha value is -1.65. The molecule has 0 spiro atoms. The van der Waals surface area contributed by atoms with Crippen molar-refractivity contribution in [3.8, 4) is 11.3 Å². The fourth-order valence-corrected chi connectivity index (χ4v) is 3.03. The Morgan fingerprint density at radius 2 is 2.14 bits per heavy atom. The van der Waals surface area contributed by atoms with E-state index in [0.29, 0.717) is 5.92 Å². The molecule has 0 aliphatic carbocycles. The molecule has 0 radical (unpaired) electrons. The van der Waals surface area contributed by atoms with Crippen LogP contribution < -0.4 is 5.73 Å². The van der Waals surface area contributed by atoms with Crippen molar-refractivity contribution in [3.63, 3.8) is 0 Å². The zero-order chi connectivity index (χ0) is 14.7. The zero-order valence-electron chi connectivity index (χ0n) is 12.5. The summed E-state index contributed by atoms with van der Waals surface area (Å²) in [6, 6.07) is 12.1. The largest absolute Gasteiger partial charge is 0.356 e. The third-order valence-electron chi connectivity index (χ3n) is 4.50. The Bertz CT molecular complexity index is 566. The van der Waals surface area contributed by atoms with Crippen molar-refractivity contribution in [2.75, 3.05) is 19.6 Å². The molecule has 1 aromatic heterocycles. The molecule has 3 rings (SSSR count). The minimum atomic E-state index is 0.597. The summed E-state index contributed by atoms with van der Waals surface area (Å²) in [7, 11) is 0. The quantitative estimate of drug-likeness (QED) is 0.938. The fraction of sp³-hybridized carbons (Fsp3) is 0.471. The number of piperidine rings is 1. The summed E-state index contributed by atoms with van der Waals surface area (Å²) in [4.78, 5) is 2.43. The van der Waals surface area contributed by atoms with Gasteiger partial charge in [0.25, 0.3) is 0 Å². The lowest BCUT2D eigenvalue weighted by Gasteiger charge is -2.36. The smallest absolute Gasteiger partial charge is 0.167 e. The molecule has 1 saturated heterocycles. The van der Waals surface area contributed by atoms with Crippen LogP contribution in [0, 0.1) is 11.8 Å². The number of likely N-dealkylation sites (tertiary alicyclic amines) is 1. The molecule has 0 amide bonds. The van der Waals surface area contributed by atoms with E-state index in [2.05, 4.69) is 17.0 Å². The number of nitrogens with two attached hydrogens (primary N) is 1. The van der Waals surface area contributed by atoms with E-state index >= 15 is 0 Å². The van der Waals surface area contributed by atoms with E-state index in [9.17, 15) is 0 Å². The SMILES string of the molecule is CC1CCN(Cc2cc(-c3ccccc3)on2)CC1CN. The van der Waals surface area contributed by atoms with Crippen molar-refractivity contribution >= 4 is 0 Å². The van der Waals surface area contributed by atoms with Gasteiger partial charge in [-0.15, -0.1) is 0 Å². The van der Waals surface area contributed by atoms with Gasteiger partial charge in [0.05, 0.1) is 5.69 Å². The van der Waals surface area contributed by atoms with E-state index < -0.39 is 0 Å². The number of hydrogen-bond donors (Lipinski definition) is 1. The number of aromatic nitrogens is 1. The van der Waals surface area contributed by atoms with E-state index in [0.717, 1.165) is 49.1 Å². The van der Waals surface area contributed by atoms with Crippen LogP contribution >= 0.6 is 0 Å². The average molecular weight is 285 g/mol. The highest BCUT2D eigenvalue weighted by Crippen LogP contribution is 2.25. The van der Waals surface area contributed by atoms with Gasteiger partial charge in [-0.25, -0.2) is 0 Å². The Kier molecular flexibility index (Phi) is 4.36. The molecule has 2 atom stereocenters. The second kappa shape index (κ2) is 6.41. The summed E-state index contributed by atoms with van der Waals surface area (Å²) in [6.07, 6.45) is 1.21. The van der Waals surface area contributed by atoms with Gasteiger partial charge in [0.1, 0.15) is 0 Å². The lowest BCUT2D eigenvalue weighted by molar-refractivity contribution is 0.124. The van der Waals surface area contributed by atoms with Crippen molar-refractivity contribution in [2.24, 2.45) is 17.6 Å². The number of hydrogen-bond acceptors (Lipinski definition) is 4. The molecule has 0 bridgehead atoms. The van der Waals surface area contributed by atoms with Gasteiger partial charge in [0.15, 0.2) is 5.76 Å². The highest BCUT2D eigenvalue weighted by Gasteiger charge is 2.25. The molecule has 21 heavy (non-hydrogen) atoms. The van der Waals surface area contributed by atoms with Gasteiger partial charge in [-0.2, -0.15) is 0 Å². The Labute approximate surface area is 125 Å². The first-order valence-corrected chi connectivity index (χ1v) is 7.69. The number of benzene rings is 1. The summed E-state index contributed by atoms with van der Waals surface area (Å²) < 4.78 is 5.47. The molecule has 1 aliphatic rings. The Balaban J connectivity index is 1.65. The second-order valence-corrected chi connectivity index (χ2v) is 6.05. The zero-order valence-corrected chi connectivity index (χ0v) is 12.5. The first-order valence-electron chi connectivity index (χ1n) is 7.69. The molecule has 2 N–H and O–H groups in total. The molecule has 1 aromatic carbocycles. The molecule has 4 heteroatoms. The van der Waals surface area contributed by atoms with Gasteiger partial charge < -0.3 is 10.3 Å². The van der Waals surface area contributed by atoms with E-state index in [1.54, 1.807) is 0 Å². The van der Waals surface area contributed by atoms with Gasteiger partial charge in [-0.1, -0.05) is 42.4 Å². The summed E-state index contributed by atoms with van der Waals surface area (Å²) >= 11 is 0. The molecule has 2 heterocycles. The van der Waals surface area contributed by atoms with E-state index in [-0.39, 0.29) is 0 Å². The van der Waals surface area contributed by atoms with Crippen LogP contribution in [0.2, 0.25) is 0 Å². The molecule has 112 valence electrons. The van der Waals surface area contributed by atoms with Crippen LogP contribution in [-0.4, -0.2) is 29.7 Å². The molecule has 2 aromatic rings. The minimum Gasteiger partial charge on any atom is -0.356 e. The van der Waals surface area contributed by atoms with Gasteiger partial charge in [-0.3, -0.25) is 4.90 Å². The normalized spacial score (nSPS) is 23.3. The molecule has 4 nitrogen and oxygen atoms in total. The van der Waals surface area contributed by atoms with Crippen molar-refractivity contribution in [1.82, 2.24) is 10.1 Å². The third kappa shape index (κ3) is 3.34. The van der Waals surface area contributed by atoms with Crippen LogP contribution in [0.15, 0.2) is 40.9 Å². The maximum atomic E-state index is 5.87. The van der Waals surface area contributed by atoms with Gasteiger partial charge in [-0.05, 0) is 31.3 Å². The van der Waals surface area contributed by atoms with Crippen molar-refractivity contribution in [2.45, 2.75) is 19.9 Å².